The summed E-state index contributed by atoms with van der Waals surface area (Å²) in [4.78, 5) is 4.36. The van der Waals surface area contributed by atoms with E-state index in [-0.39, 0.29) is 11.4 Å². The number of nitrogens with two attached hydrogens (primary N) is 1. The summed E-state index contributed by atoms with van der Waals surface area (Å²) >= 11 is 12.2. The molecule has 0 aliphatic carbocycles. The van der Waals surface area contributed by atoms with Gasteiger partial charge in [-0.05, 0) is 18.2 Å². The number of methoxy groups -OCH3 is 3. The molecule has 0 aliphatic rings. The number of hydrogen-bond donors (Lipinski definition) is 1. The Morgan fingerprint density at radius 3 is 2.10 bits per heavy atom. The van der Waals surface area contributed by atoms with E-state index in [0.717, 1.165) is 0 Å². The van der Waals surface area contributed by atoms with Crippen molar-refractivity contribution in [2.24, 2.45) is 0 Å². The summed E-state index contributed by atoms with van der Waals surface area (Å²) in [5.74, 6) is 1.55. The maximum atomic E-state index is 9.72. The molecule has 0 bridgehead atoms. The van der Waals surface area contributed by atoms with E-state index in [1.165, 1.54) is 14.2 Å². The van der Waals surface area contributed by atoms with Crippen molar-refractivity contribution in [1.82, 2.24) is 4.98 Å². The third-order valence-corrected chi connectivity index (χ3v) is 5.10. The van der Waals surface area contributed by atoms with Crippen LogP contribution < -0.4 is 19.9 Å². The first-order chi connectivity index (χ1) is 13.9. The number of benzene rings is 2. The summed E-state index contributed by atoms with van der Waals surface area (Å²) in [6.45, 7) is 0. The van der Waals surface area contributed by atoms with Gasteiger partial charge in [0.05, 0.1) is 42.6 Å². The molecule has 0 radical (unpaired) electrons. The van der Waals surface area contributed by atoms with Crippen LogP contribution in [0.2, 0.25) is 10.0 Å². The maximum Gasteiger partial charge on any atom is 0.142 e. The Hall–Kier alpha value is -3.14. The number of halogens is 2. The number of anilines is 1. The van der Waals surface area contributed by atoms with E-state index in [2.05, 4.69) is 11.1 Å². The lowest BCUT2D eigenvalue weighted by atomic mass is 9.96. The van der Waals surface area contributed by atoms with Gasteiger partial charge in [0.2, 0.25) is 0 Å². The number of nitrogens with zero attached hydrogens (tertiary/aromatic N) is 2. The highest BCUT2D eigenvalue weighted by molar-refractivity contribution is 6.42. The minimum absolute atomic E-state index is 0.0750. The fraction of sp³-hybridized carbons (Fsp3) is 0.143. The van der Waals surface area contributed by atoms with Crippen molar-refractivity contribution in [2.45, 2.75) is 0 Å². The van der Waals surface area contributed by atoms with Crippen LogP contribution in [0.5, 0.6) is 17.2 Å². The molecule has 0 unspecified atom stereocenters. The summed E-state index contributed by atoms with van der Waals surface area (Å²) in [5.41, 5.74) is 8.61. The molecule has 0 saturated carbocycles. The Kier molecular flexibility index (Phi) is 6.02. The second kappa shape index (κ2) is 8.48. The molecule has 0 saturated heterocycles. The average molecular weight is 430 g/mol. The SMILES string of the molecule is COc1cc(OC)c(-c2cc(-c3ccc(Cl)c(Cl)c3)nc(N)c2C#N)c(OC)c1. The molecule has 0 aliphatic heterocycles. The van der Waals surface area contributed by atoms with Gasteiger partial charge in [0.25, 0.3) is 0 Å². The van der Waals surface area contributed by atoms with Crippen LogP contribution in [0.25, 0.3) is 22.4 Å². The van der Waals surface area contributed by atoms with Gasteiger partial charge in [0, 0.05) is 23.3 Å². The highest BCUT2D eigenvalue weighted by Gasteiger charge is 2.22. The molecule has 0 spiro atoms. The van der Waals surface area contributed by atoms with E-state index >= 15 is 0 Å². The molecule has 3 aromatic rings. The lowest BCUT2D eigenvalue weighted by Crippen LogP contribution is -2.02. The average Bonchev–Trinajstić information content (AvgIpc) is 2.73. The van der Waals surface area contributed by atoms with Crippen LogP contribution in [0.15, 0.2) is 36.4 Å². The number of aromatic nitrogens is 1. The molecule has 8 heteroatoms. The Bertz CT molecular complexity index is 1100. The Morgan fingerprint density at radius 2 is 1.59 bits per heavy atom. The minimum Gasteiger partial charge on any atom is -0.496 e. The topological polar surface area (TPSA) is 90.4 Å². The molecule has 2 N–H and O–H groups in total. The van der Waals surface area contributed by atoms with Crippen molar-refractivity contribution in [2.75, 3.05) is 27.1 Å². The number of hydrogen-bond acceptors (Lipinski definition) is 6. The summed E-state index contributed by atoms with van der Waals surface area (Å²) in [5, 5.41) is 10.5. The normalized spacial score (nSPS) is 10.3. The predicted octanol–water partition coefficient (Wildman–Crippen LogP) is 5.20. The van der Waals surface area contributed by atoms with Gasteiger partial charge in [0.15, 0.2) is 0 Å². The Morgan fingerprint density at radius 1 is 0.931 bits per heavy atom. The van der Waals surface area contributed by atoms with Crippen molar-refractivity contribution in [3.05, 3.63) is 52.0 Å². The fourth-order valence-corrected chi connectivity index (χ4v) is 3.25. The van der Waals surface area contributed by atoms with Gasteiger partial charge in [-0.1, -0.05) is 29.3 Å². The standard InChI is InChI=1S/C21H17Cl2N3O3/c1-27-12-7-18(28-2)20(19(8-12)29-3)13-9-17(26-21(25)14(13)10-24)11-4-5-15(22)16(23)6-11/h4-9H,1-3H3,(H2,25,26). The fourth-order valence-electron chi connectivity index (χ4n) is 2.95. The second-order valence-electron chi connectivity index (χ2n) is 5.96. The van der Waals surface area contributed by atoms with Crippen LogP contribution in [0.1, 0.15) is 5.56 Å². The minimum atomic E-state index is 0.0750. The zero-order valence-corrected chi connectivity index (χ0v) is 17.4. The van der Waals surface area contributed by atoms with Crippen molar-refractivity contribution in [1.29, 1.82) is 5.26 Å². The van der Waals surface area contributed by atoms with Crippen molar-refractivity contribution < 1.29 is 14.2 Å². The van der Waals surface area contributed by atoms with E-state index in [9.17, 15) is 5.26 Å². The summed E-state index contributed by atoms with van der Waals surface area (Å²) in [6, 6.07) is 12.4. The number of pyridine rings is 1. The maximum absolute atomic E-state index is 9.72. The summed E-state index contributed by atoms with van der Waals surface area (Å²) in [7, 11) is 4.59. The van der Waals surface area contributed by atoms with Crippen molar-refractivity contribution in [3.63, 3.8) is 0 Å². The van der Waals surface area contributed by atoms with Gasteiger partial charge in [-0.2, -0.15) is 5.26 Å². The Balaban J connectivity index is 2.34. The summed E-state index contributed by atoms with van der Waals surface area (Å²) < 4.78 is 16.4. The molecule has 29 heavy (non-hydrogen) atoms. The number of ether oxygens (including phenoxy) is 3. The predicted molar refractivity (Wildman–Crippen MR) is 114 cm³/mol. The zero-order valence-electron chi connectivity index (χ0n) is 15.9. The largest absolute Gasteiger partial charge is 0.496 e. The molecule has 0 atom stereocenters. The van der Waals surface area contributed by atoms with E-state index in [1.54, 1.807) is 43.5 Å². The second-order valence-corrected chi connectivity index (χ2v) is 6.78. The summed E-state index contributed by atoms with van der Waals surface area (Å²) in [6.07, 6.45) is 0. The van der Waals surface area contributed by atoms with Gasteiger partial charge >= 0.3 is 0 Å². The molecule has 3 rings (SSSR count). The third kappa shape index (κ3) is 3.88. The number of nitriles is 1. The first kappa shape index (κ1) is 20.6. The first-order valence-corrected chi connectivity index (χ1v) is 9.15. The molecule has 0 amide bonds. The number of nitrogen functional groups attached to an aromatic ring is 1. The van der Waals surface area contributed by atoms with Crippen LogP contribution in [-0.4, -0.2) is 26.3 Å². The van der Waals surface area contributed by atoms with Crippen LogP contribution in [0, 0.1) is 11.3 Å². The molecular weight excluding hydrogens is 413 g/mol. The molecule has 1 heterocycles. The van der Waals surface area contributed by atoms with Crippen LogP contribution in [0.3, 0.4) is 0 Å². The third-order valence-electron chi connectivity index (χ3n) is 4.36. The molecule has 0 fully saturated rings. The van der Waals surface area contributed by atoms with Gasteiger partial charge in [-0.25, -0.2) is 4.98 Å². The van der Waals surface area contributed by atoms with Crippen molar-refractivity contribution >= 4 is 29.0 Å². The van der Waals surface area contributed by atoms with E-state index in [4.69, 9.17) is 43.1 Å². The lowest BCUT2D eigenvalue weighted by Gasteiger charge is -2.17. The van der Waals surface area contributed by atoms with Gasteiger partial charge in [-0.15, -0.1) is 0 Å². The highest BCUT2D eigenvalue weighted by atomic mass is 35.5. The monoisotopic (exact) mass is 429 g/mol. The molecule has 148 valence electrons. The molecule has 2 aromatic carbocycles. The van der Waals surface area contributed by atoms with Crippen LogP contribution >= 0.6 is 23.2 Å². The Labute approximate surface area is 178 Å². The van der Waals surface area contributed by atoms with Gasteiger partial charge in [0.1, 0.15) is 34.7 Å². The lowest BCUT2D eigenvalue weighted by molar-refractivity contribution is 0.377. The quantitative estimate of drug-likeness (QED) is 0.598. The first-order valence-electron chi connectivity index (χ1n) is 8.39. The van der Waals surface area contributed by atoms with E-state index < -0.39 is 0 Å². The smallest absolute Gasteiger partial charge is 0.142 e. The van der Waals surface area contributed by atoms with Crippen LogP contribution in [-0.2, 0) is 0 Å². The molecule has 6 nitrogen and oxygen atoms in total. The van der Waals surface area contributed by atoms with Crippen LogP contribution in [0.4, 0.5) is 5.82 Å². The van der Waals surface area contributed by atoms with Gasteiger partial charge in [-0.3, -0.25) is 0 Å². The molecular formula is C21H17Cl2N3O3. The van der Waals surface area contributed by atoms with Crippen molar-refractivity contribution in [3.8, 4) is 45.7 Å². The van der Waals surface area contributed by atoms with Gasteiger partial charge < -0.3 is 19.9 Å². The zero-order chi connectivity index (χ0) is 21.1. The van der Waals surface area contributed by atoms with E-state index in [0.29, 0.717) is 49.7 Å². The molecule has 1 aromatic heterocycles. The van der Waals surface area contributed by atoms with E-state index in [1.807, 2.05) is 0 Å². The highest BCUT2D eigenvalue weighted by Crippen LogP contribution is 2.45. The number of rotatable bonds is 5.